The molecule has 2 atom stereocenters. The largest absolute Gasteiger partial charge is 1.00 e. The minimum Gasteiger partial charge on any atom is -0.756 e. The number of phosphoric ester groups is 1. The summed E-state index contributed by atoms with van der Waals surface area (Å²) < 4.78 is 19.2. The molecule has 0 heterocycles. The maximum absolute atomic E-state index is 11.5. The molecule has 28 heavy (non-hydrogen) atoms. The van der Waals surface area contributed by atoms with Crippen LogP contribution in [-0.4, -0.2) is 35.3 Å². The van der Waals surface area contributed by atoms with Crippen molar-refractivity contribution in [2.24, 2.45) is 0 Å². The maximum atomic E-state index is 11.5. The molecule has 7 nitrogen and oxygen atoms in total. The number of ether oxygens (including phenoxy) is 1. The fourth-order valence-electron chi connectivity index (χ4n) is 2.78. The van der Waals surface area contributed by atoms with E-state index in [0.29, 0.717) is 0 Å². The molecule has 0 saturated carbocycles. The molecular formula is C19H38NaO7P. The molecule has 0 amide bonds. The van der Waals surface area contributed by atoms with Crippen molar-refractivity contribution >= 4 is 13.8 Å². The van der Waals surface area contributed by atoms with Gasteiger partial charge in [0.2, 0.25) is 0 Å². The predicted octanol–water partition coefficient (Wildman–Crippen LogP) is 0.853. The van der Waals surface area contributed by atoms with Gasteiger partial charge in [0.15, 0.2) is 0 Å². The fraction of sp³-hybridized carbons (Fsp3) is 0.947. The van der Waals surface area contributed by atoms with Crippen LogP contribution in [0.2, 0.25) is 0 Å². The van der Waals surface area contributed by atoms with Crippen molar-refractivity contribution < 1.29 is 63.1 Å². The normalized spacial score (nSPS) is 14.1. The number of esters is 1. The van der Waals surface area contributed by atoms with E-state index in [1.54, 1.807) is 0 Å². The molecular weight excluding hydrogens is 410 g/mol. The topological polar surface area (TPSA) is 116 Å². The summed E-state index contributed by atoms with van der Waals surface area (Å²) in [6.07, 6.45) is 15.0. The van der Waals surface area contributed by atoms with Crippen molar-refractivity contribution in [3.8, 4) is 0 Å². The van der Waals surface area contributed by atoms with Gasteiger partial charge in [0.25, 0.3) is 7.82 Å². The van der Waals surface area contributed by atoms with Crippen LogP contribution in [0.25, 0.3) is 0 Å². The van der Waals surface area contributed by atoms with Crippen LogP contribution in [0.3, 0.4) is 0 Å². The first-order valence-corrected chi connectivity index (χ1v) is 11.9. The van der Waals surface area contributed by atoms with E-state index < -0.39 is 26.5 Å². The Morgan fingerprint density at radius 1 is 0.893 bits per heavy atom. The molecule has 0 bridgehead atoms. The summed E-state index contributed by atoms with van der Waals surface area (Å²) in [4.78, 5) is 30.3. The zero-order chi connectivity index (χ0) is 20.4. The van der Waals surface area contributed by atoms with Crippen molar-refractivity contribution in [1.29, 1.82) is 0 Å². The van der Waals surface area contributed by atoms with Crippen LogP contribution < -0.4 is 34.5 Å². The number of carbonyl (C=O) groups excluding carboxylic acids is 1. The van der Waals surface area contributed by atoms with E-state index in [1.165, 1.54) is 64.2 Å². The van der Waals surface area contributed by atoms with Crippen LogP contribution >= 0.6 is 7.82 Å². The molecule has 0 aromatic rings. The van der Waals surface area contributed by atoms with Crippen LogP contribution in [-0.2, 0) is 18.6 Å². The Kier molecular flexibility index (Phi) is 22.8. The number of phosphoric acid groups is 1. The molecule has 1 unspecified atom stereocenters. The third kappa shape index (κ3) is 24.6. The summed E-state index contributed by atoms with van der Waals surface area (Å²) >= 11 is 0. The first-order chi connectivity index (χ1) is 12.8. The summed E-state index contributed by atoms with van der Waals surface area (Å²) in [5.74, 6) is -0.425. The number of carbonyl (C=O) groups is 1. The minimum atomic E-state index is -4.86. The Balaban J connectivity index is 0. The first-order valence-electron chi connectivity index (χ1n) is 10.4. The Labute approximate surface area is 192 Å². The second kappa shape index (κ2) is 20.8. The molecule has 0 rings (SSSR count). The minimum absolute atomic E-state index is 0. The van der Waals surface area contributed by atoms with Gasteiger partial charge in [-0.05, 0) is 6.42 Å². The van der Waals surface area contributed by atoms with E-state index >= 15 is 0 Å². The van der Waals surface area contributed by atoms with E-state index in [1.807, 2.05) is 0 Å². The SMILES string of the molecule is [13CH3][13CH2][13CH2][13CH2][13CH2][13CH2][13CH2][13CH2][13CH2][13CH2][13CH2][13CH2][13CH2][13CH2][13CH2][13C](=O)OC[C@@H](O)COP(=O)([O-])O.[Na+]. The number of hydrogen-bond acceptors (Lipinski definition) is 6. The predicted molar refractivity (Wildman–Crippen MR) is 103 cm³/mol. The van der Waals surface area contributed by atoms with Gasteiger partial charge in [-0.3, -0.25) is 9.36 Å². The molecule has 0 aromatic heterocycles. The van der Waals surface area contributed by atoms with Gasteiger partial charge in [-0.1, -0.05) is 84.0 Å². The molecule has 0 spiro atoms. The van der Waals surface area contributed by atoms with Gasteiger partial charge in [0, 0.05) is 6.42 Å². The average Bonchev–Trinajstić information content (AvgIpc) is 2.61. The van der Waals surface area contributed by atoms with Crippen molar-refractivity contribution in [2.45, 2.75) is 103 Å². The third-order valence-electron chi connectivity index (χ3n) is 4.35. The zero-order valence-corrected chi connectivity index (χ0v) is 20.7. The summed E-state index contributed by atoms with van der Waals surface area (Å²) in [5, 5.41) is 9.37. The van der Waals surface area contributed by atoms with Gasteiger partial charge in [0.1, 0.15) is 12.7 Å². The smallest absolute Gasteiger partial charge is 0.756 e. The number of aliphatic hydroxyl groups excluding tert-OH is 1. The Hall–Kier alpha value is 0.540. The average molecular weight is 448 g/mol. The van der Waals surface area contributed by atoms with E-state index in [0.717, 1.165) is 19.3 Å². The van der Waals surface area contributed by atoms with Crippen molar-refractivity contribution in [1.82, 2.24) is 0 Å². The van der Waals surface area contributed by atoms with E-state index in [2.05, 4.69) is 11.4 Å². The molecule has 0 radical (unpaired) electrons. The van der Waals surface area contributed by atoms with Crippen molar-refractivity contribution in [3.63, 3.8) is 0 Å². The van der Waals surface area contributed by atoms with Crippen LogP contribution in [0, 0.1) is 0 Å². The van der Waals surface area contributed by atoms with Crippen LogP contribution in [0.4, 0.5) is 0 Å². The molecule has 0 aliphatic rings. The van der Waals surface area contributed by atoms with Crippen LogP contribution in [0.5, 0.6) is 0 Å². The summed E-state index contributed by atoms with van der Waals surface area (Å²) in [6, 6.07) is 0. The molecule has 0 saturated heterocycles. The van der Waals surface area contributed by atoms with Gasteiger partial charge in [0.05, 0.1) is 6.61 Å². The van der Waals surface area contributed by atoms with Crippen LogP contribution in [0.15, 0.2) is 0 Å². The van der Waals surface area contributed by atoms with Gasteiger partial charge >= 0.3 is 35.5 Å². The van der Waals surface area contributed by atoms with E-state index in [-0.39, 0.29) is 42.6 Å². The van der Waals surface area contributed by atoms with Crippen LogP contribution in [0.1, 0.15) is 96.8 Å². The Morgan fingerprint density at radius 2 is 1.32 bits per heavy atom. The number of hydrogen-bond donors (Lipinski definition) is 2. The fourth-order valence-corrected chi connectivity index (χ4v) is 3.14. The molecule has 9 heteroatoms. The molecule has 162 valence electrons. The van der Waals surface area contributed by atoms with Gasteiger partial charge in [-0.15, -0.1) is 0 Å². The maximum Gasteiger partial charge on any atom is 1.00 e. The van der Waals surface area contributed by atoms with Gasteiger partial charge in [-0.2, -0.15) is 0 Å². The van der Waals surface area contributed by atoms with Crippen molar-refractivity contribution in [3.05, 3.63) is 0 Å². The Bertz CT molecular complexity index is 404. The number of unbranched alkanes of at least 4 members (excludes halogenated alkanes) is 12. The first kappa shape index (κ1) is 30.7. The summed E-state index contributed by atoms with van der Waals surface area (Å²) in [5.41, 5.74) is 0. The van der Waals surface area contributed by atoms with Gasteiger partial charge < -0.3 is 24.2 Å². The molecule has 0 aliphatic carbocycles. The molecule has 0 fully saturated rings. The standard InChI is InChI=1S/C19H39O7P.Na/c1-2-3-4-5-6-7-8-9-10-11-12-13-14-15-19(21)25-16-18(20)17-26-27(22,23)24;/h18,20H,2-17H2,1H3,(H2,22,23,24);/q;+1/p-1/t18-;/m1./s1/i1+1,2+1,3+1,4+1,5+1,6+1,7+1,8+1,9+1,10+1,11+1,12+1,13+1,14+1,15+1,19+1;. The molecule has 2 N–H and O–H groups in total. The second-order valence-corrected chi connectivity index (χ2v) is 8.29. The Morgan fingerprint density at radius 3 is 1.75 bits per heavy atom. The van der Waals surface area contributed by atoms with Gasteiger partial charge in [-0.25, -0.2) is 0 Å². The van der Waals surface area contributed by atoms with E-state index in [9.17, 15) is 19.4 Å². The zero-order valence-electron chi connectivity index (χ0n) is 17.8. The second-order valence-electron chi connectivity index (χ2n) is 7.09. The summed E-state index contributed by atoms with van der Waals surface area (Å²) in [7, 11) is -4.86. The van der Waals surface area contributed by atoms with E-state index in [4.69, 9.17) is 9.63 Å². The monoisotopic (exact) mass is 448 g/mol. The summed E-state index contributed by atoms with van der Waals surface area (Å²) in [6.45, 7) is 1.25. The number of rotatable bonds is 19. The molecule has 0 aromatic carbocycles. The number of aliphatic hydroxyl groups is 1. The third-order valence-corrected chi connectivity index (χ3v) is 4.83. The quantitative estimate of drug-likeness (QED) is 0.0990. The van der Waals surface area contributed by atoms with Crippen molar-refractivity contribution in [2.75, 3.05) is 13.2 Å². The molecule has 0 aliphatic heterocycles.